The van der Waals surface area contributed by atoms with Crippen molar-refractivity contribution >= 4 is 11.8 Å². The number of carboxylic acid groups (broad SMARTS) is 1. The third kappa shape index (κ3) is 1.41. The fourth-order valence-electron chi connectivity index (χ4n) is 4.49. The molecule has 0 aromatic carbocycles. The first kappa shape index (κ1) is 10.8. The maximum absolute atomic E-state index is 12.2. The quantitative estimate of drug-likeness (QED) is 0.783. The van der Waals surface area contributed by atoms with E-state index in [9.17, 15) is 9.59 Å². The first-order chi connectivity index (χ1) is 8.11. The molecule has 0 heterocycles. The van der Waals surface area contributed by atoms with Crippen molar-refractivity contribution in [3.05, 3.63) is 0 Å². The zero-order valence-corrected chi connectivity index (χ0v) is 9.50. The van der Waals surface area contributed by atoms with Gasteiger partial charge < -0.3 is 5.11 Å². The minimum Gasteiger partial charge on any atom is -0.481 e. The maximum Gasteiger partial charge on any atom is 0.304 e. The fourth-order valence-corrected chi connectivity index (χ4v) is 4.49. The second-order valence-corrected chi connectivity index (χ2v) is 5.75. The molecule has 0 aliphatic heterocycles. The smallest absolute Gasteiger partial charge is 0.304 e. The molecule has 4 heteroatoms. The molecule has 3 saturated carbocycles. The summed E-state index contributed by atoms with van der Waals surface area (Å²) < 4.78 is 0. The van der Waals surface area contributed by atoms with Crippen molar-refractivity contribution in [2.45, 2.75) is 25.7 Å². The van der Waals surface area contributed by atoms with Crippen LogP contribution in [0.25, 0.3) is 0 Å². The topological polar surface area (TPSA) is 78.2 Å². The Balaban J connectivity index is 1.81. The summed E-state index contributed by atoms with van der Waals surface area (Å²) in [5, 5.41) is 17.8. The normalized spacial score (nSPS) is 46.9. The average molecular weight is 233 g/mol. The van der Waals surface area contributed by atoms with Gasteiger partial charge in [0, 0.05) is 11.8 Å². The van der Waals surface area contributed by atoms with Crippen LogP contribution in [0.1, 0.15) is 25.7 Å². The van der Waals surface area contributed by atoms with E-state index in [1.165, 1.54) is 0 Å². The molecule has 0 spiro atoms. The minimum absolute atomic E-state index is 0.00255. The van der Waals surface area contributed by atoms with E-state index in [2.05, 4.69) is 6.07 Å². The summed E-state index contributed by atoms with van der Waals surface area (Å²) in [5.41, 5.74) is 0. The number of Topliss-reactive ketones (excluding diaryl/α,β-unsaturated/α-hetero) is 1. The predicted octanol–water partition coefficient (Wildman–Crippen LogP) is 1.46. The van der Waals surface area contributed by atoms with Gasteiger partial charge in [0.15, 0.2) is 0 Å². The van der Waals surface area contributed by atoms with Crippen LogP contribution in [0.15, 0.2) is 0 Å². The van der Waals surface area contributed by atoms with Gasteiger partial charge in [-0.25, -0.2) is 0 Å². The van der Waals surface area contributed by atoms with Crippen molar-refractivity contribution in [3.63, 3.8) is 0 Å². The Bertz CT molecular complexity index is 425. The lowest BCUT2D eigenvalue weighted by molar-refractivity contribution is -0.140. The highest BCUT2D eigenvalue weighted by Crippen LogP contribution is 2.61. The van der Waals surface area contributed by atoms with Crippen LogP contribution in [0, 0.1) is 46.8 Å². The molecule has 3 rings (SSSR count). The molecule has 3 aliphatic rings. The highest BCUT2D eigenvalue weighted by atomic mass is 16.4. The SMILES string of the molecule is N#CC1CC2CC1C1C(=O)C(CC(=O)O)CC21. The van der Waals surface area contributed by atoms with E-state index in [1.54, 1.807) is 0 Å². The van der Waals surface area contributed by atoms with Crippen LogP contribution in [0.4, 0.5) is 0 Å². The second-order valence-electron chi connectivity index (χ2n) is 5.75. The van der Waals surface area contributed by atoms with Crippen molar-refractivity contribution in [1.82, 2.24) is 0 Å². The summed E-state index contributed by atoms with van der Waals surface area (Å²) in [7, 11) is 0. The molecule has 0 saturated heterocycles. The highest BCUT2D eigenvalue weighted by Gasteiger charge is 2.60. The monoisotopic (exact) mass is 233 g/mol. The van der Waals surface area contributed by atoms with Crippen LogP contribution >= 0.6 is 0 Å². The third-order valence-electron chi connectivity index (χ3n) is 5.05. The van der Waals surface area contributed by atoms with Crippen LogP contribution in [0.5, 0.6) is 0 Å². The molecule has 2 bridgehead atoms. The molecule has 6 unspecified atom stereocenters. The molecule has 0 aromatic rings. The van der Waals surface area contributed by atoms with Crippen molar-refractivity contribution in [2.24, 2.45) is 35.5 Å². The first-order valence-corrected chi connectivity index (χ1v) is 6.27. The number of carbonyl (C=O) groups is 2. The average Bonchev–Trinajstić information content (AvgIpc) is 2.90. The Kier molecular flexibility index (Phi) is 2.25. The molecule has 0 aromatic heterocycles. The molecule has 3 aliphatic carbocycles. The number of carbonyl (C=O) groups excluding carboxylic acids is 1. The molecule has 0 radical (unpaired) electrons. The molecule has 90 valence electrons. The summed E-state index contributed by atoms with van der Waals surface area (Å²) >= 11 is 0. The van der Waals surface area contributed by atoms with Gasteiger partial charge in [0.05, 0.1) is 18.4 Å². The van der Waals surface area contributed by atoms with Crippen LogP contribution in [0.3, 0.4) is 0 Å². The molecule has 17 heavy (non-hydrogen) atoms. The zero-order valence-electron chi connectivity index (χ0n) is 9.50. The summed E-state index contributed by atoms with van der Waals surface area (Å²) in [4.78, 5) is 22.9. The Morgan fingerprint density at radius 3 is 2.76 bits per heavy atom. The number of nitrogens with zero attached hydrogens (tertiary/aromatic N) is 1. The molecule has 6 atom stereocenters. The van der Waals surface area contributed by atoms with Gasteiger partial charge in [-0.1, -0.05) is 0 Å². The molecular formula is C13H15NO3. The zero-order chi connectivity index (χ0) is 12.2. The van der Waals surface area contributed by atoms with Crippen LogP contribution in [0.2, 0.25) is 0 Å². The number of carboxylic acids is 1. The van der Waals surface area contributed by atoms with Crippen LogP contribution in [-0.2, 0) is 9.59 Å². The minimum atomic E-state index is -0.882. The number of nitriles is 1. The standard InChI is InChI=1S/C13H15NO3/c14-5-8-1-6-2-10(8)12-9(6)3-7(13(12)17)4-11(15)16/h6-10,12H,1-4H2,(H,15,16). The molecule has 4 nitrogen and oxygen atoms in total. The van der Waals surface area contributed by atoms with E-state index in [4.69, 9.17) is 10.4 Å². The fraction of sp³-hybridized carbons (Fsp3) is 0.769. The lowest BCUT2D eigenvalue weighted by Gasteiger charge is -2.26. The second kappa shape index (κ2) is 3.56. The Labute approximate surface area is 99.6 Å². The van der Waals surface area contributed by atoms with Gasteiger partial charge in [-0.2, -0.15) is 5.26 Å². The number of fused-ring (bicyclic) bond motifs is 5. The Morgan fingerprint density at radius 1 is 1.35 bits per heavy atom. The molecule has 0 amide bonds. The van der Waals surface area contributed by atoms with Gasteiger partial charge >= 0.3 is 5.97 Å². The van der Waals surface area contributed by atoms with E-state index in [0.717, 1.165) is 19.3 Å². The van der Waals surface area contributed by atoms with Crippen LogP contribution in [-0.4, -0.2) is 16.9 Å². The van der Waals surface area contributed by atoms with Crippen LogP contribution < -0.4 is 0 Å². The summed E-state index contributed by atoms with van der Waals surface area (Å²) in [6, 6.07) is 2.32. The molecule has 1 N–H and O–H groups in total. The third-order valence-corrected chi connectivity index (χ3v) is 5.05. The summed E-state index contributed by atoms with van der Waals surface area (Å²) in [6.07, 6.45) is 2.66. The van der Waals surface area contributed by atoms with E-state index in [1.807, 2.05) is 0 Å². The maximum atomic E-state index is 12.2. The lowest BCUT2D eigenvalue weighted by atomic mass is 9.76. The number of hydrogen-bond donors (Lipinski definition) is 1. The Hall–Kier alpha value is -1.37. The number of ketones is 1. The number of aliphatic carboxylic acids is 1. The molecular weight excluding hydrogens is 218 g/mol. The highest BCUT2D eigenvalue weighted by molar-refractivity contribution is 5.89. The van der Waals surface area contributed by atoms with Crippen molar-refractivity contribution in [2.75, 3.05) is 0 Å². The lowest BCUT2D eigenvalue weighted by Crippen LogP contribution is -2.28. The number of hydrogen-bond acceptors (Lipinski definition) is 3. The Morgan fingerprint density at radius 2 is 2.12 bits per heavy atom. The van der Waals surface area contributed by atoms with Gasteiger partial charge in [0.1, 0.15) is 5.78 Å². The van der Waals surface area contributed by atoms with Crippen molar-refractivity contribution in [1.29, 1.82) is 5.26 Å². The first-order valence-electron chi connectivity index (χ1n) is 6.27. The van der Waals surface area contributed by atoms with E-state index < -0.39 is 5.97 Å². The molecule has 3 fully saturated rings. The van der Waals surface area contributed by atoms with E-state index in [0.29, 0.717) is 11.8 Å². The van der Waals surface area contributed by atoms with Gasteiger partial charge in [-0.05, 0) is 37.0 Å². The van der Waals surface area contributed by atoms with Gasteiger partial charge in [0.25, 0.3) is 0 Å². The van der Waals surface area contributed by atoms with E-state index >= 15 is 0 Å². The summed E-state index contributed by atoms with van der Waals surface area (Å²) in [5.74, 6) is 0.0965. The van der Waals surface area contributed by atoms with Crippen molar-refractivity contribution in [3.8, 4) is 6.07 Å². The predicted molar refractivity (Wildman–Crippen MR) is 57.7 cm³/mol. The van der Waals surface area contributed by atoms with Gasteiger partial charge in [-0.3, -0.25) is 9.59 Å². The number of rotatable bonds is 2. The van der Waals surface area contributed by atoms with Gasteiger partial charge in [0.2, 0.25) is 0 Å². The largest absolute Gasteiger partial charge is 0.481 e. The van der Waals surface area contributed by atoms with E-state index in [-0.39, 0.29) is 35.9 Å². The van der Waals surface area contributed by atoms with Gasteiger partial charge in [-0.15, -0.1) is 0 Å². The van der Waals surface area contributed by atoms with Crippen molar-refractivity contribution < 1.29 is 14.7 Å². The summed E-state index contributed by atoms with van der Waals surface area (Å²) in [6.45, 7) is 0.